The molecule has 0 saturated carbocycles. The molecule has 0 spiro atoms. The van der Waals surface area contributed by atoms with Gasteiger partial charge >= 0.3 is 5.97 Å². The Morgan fingerprint density at radius 3 is 2.64 bits per heavy atom. The Hall–Kier alpha value is -1.69. The molecule has 0 aliphatic carbocycles. The van der Waals surface area contributed by atoms with Gasteiger partial charge in [-0.2, -0.15) is 5.10 Å². The summed E-state index contributed by atoms with van der Waals surface area (Å²) in [6.45, 7) is 8.77. The van der Waals surface area contributed by atoms with Crippen LogP contribution in [-0.2, 0) is 17.7 Å². The van der Waals surface area contributed by atoms with E-state index in [1.807, 2.05) is 25.5 Å². The van der Waals surface area contributed by atoms with Crippen LogP contribution in [0, 0.1) is 5.82 Å². The van der Waals surface area contributed by atoms with Crippen LogP contribution in [0.1, 0.15) is 67.3 Å². The van der Waals surface area contributed by atoms with Crippen molar-refractivity contribution >= 4 is 21.9 Å². The van der Waals surface area contributed by atoms with E-state index in [9.17, 15) is 9.18 Å². The summed E-state index contributed by atoms with van der Waals surface area (Å²) in [6, 6.07) is 4.96. The van der Waals surface area contributed by atoms with Crippen LogP contribution in [0.3, 0.4) is 0 Å². The van der Waals surface area contributed by atoms with Crippen molar-refractivity contribution in [2.45, 2.75) is 53.0 Å². The molecule has 1 aromatic carbocycles. The highest BCUT2D eigenvalue weighted by molar-refractivity contribution is 9.10. The molecule has 0 N–H and O–H groups in total. The Labute approximate surface area is 156 Å². The second kappa shape index (κ2) is 8.61. The number of halogens is 2. The largest absolute Gasteiger partial charge is 0.462 e. The Balaban J connectivity index is 2.57. The van der Waals surface area contributed by atoms with Gasteiger partial charge in [-0.25, -0.2) is 9.18 Å². The lowest BCUT2D eigenvalue weighted by Gasteiger charge is -2.10. The first-order valence-electron chi connectivity index (χ1n) is 8.59. The molecule has 6 heteroatoms. The van der Waals surface area contributed by atoms with E-state index in [-0.39, 0.29) is 17.7 Å². The molecule has 136 valence electrons. The highest BCUT2D eigenvalue weighted by atomic mass is 79.9. The summed E-state index contributed by atoms with van der Waals surface area (Å²) < 4.78 is 22.1. The molecule has 25 heavy (non-hydrogen) atoms. The number of hydrogen-bond donors (Lipinski definition) is 0. The summed E-state index contributed by atoms with van der Waals surface area (Å²) in [5.74, 6) is -0.619. The van der Waals surface area contributed by atoms with Crippen molar-refractivity contribution in [1.29, 1.82) is 0 Å². The molecule has 0 amide bonds. The fourth-order valence-corrected chi connectivity index (χ4v) is 3.10. The van der Waals surface area contributed by atoms with E-state index in [4.69, 9.17) is 4.74 Å². The summed E-state index contributed by atoms with van der Waals surface area (Å²) >= 11 is 3.27. The van der Waals surface area contributed by atoms with E-state index in [2.05, 4.69) is 21.0 Å². The predicted octanol–water partition coefficient (Wildman–Crippen LogP) is 5.09. The monoisotopic (exact) mass is 410 g/mol. The number of nitrogens with zero attached hydrogens (tertiary/aromatic N) is 2. The topological polar surface area (TPSA) is 44.1 Å². The van der Waals surface area contributed by atoms with Gasteiger partial charge in [-0.3, -0.25) is 4.68 Å². The molecule has 0 radical (unpaired) electrons. The molecule has 0 saturated heterocycles. The highest BCUT2D eigenvalue weighted by Gasteiger charge is 2.26. The minimum Gasteiger partial charge on any atom is -0.462 e. The van der Waals surface area contributed by atoms with Gasteiger partial charge in [0.15, 0.2) is 0 Å². The lowest BCUT2D eigenvalue weighted by molar-refractivity contribution is 0.0523. The van der Waals surface area contributed by atoms with Crippen molar-refractivity contribution in [3.8, 4) is 0 Å². The third-order valence-electron chi connectivity index (χ3n) is 3.92. The van der Waals surface area contributed by atoms with Crippen molar-refractivity contribution < 1.29 is 13.9 Å². The van der Waals surface area contributed by atoms with Crippen molar-refractivity contribution in [3.63, 3.8) is 0 Å². The number of aromatic nitrogens is 2. The lowest BCUT2D eigenvalue weighted by atomic mass is 10.00. The van der Waals surface area contributed by atoms with Gasteiger partial charge in [0.05, 0.1) is 18.0 Å². The van der Waals surface area contributed by atoms with E-state index in [1.165, 1.54) is 6.07 Å². The molecule has 1 heterocycles. The summed E-state index contributed by atoms with van der Waals surface area (Å²) in [4.78, 5) is 12.6. The van der Waals surface area contributed by atoms with Gasteiger partial charge in [0.2, 0.25) is 0 Å². The van der Waals surface area contributed by atoms with Gasteiger partial charge in [-0.15, -0.1) is 0 Å². The van der Waals surface area contributed by atoms with E-state index < -0.39 is 0 Å². The minimum absolute atomic E-state index is 0.0750. The Kier molecular flexibility index (Phi) is 6.76. The number of aryl methyl sites for hydroxylation is 1. The number of hydrogen-bond acceptors (Lipinski definition) is 3. The second-order valence-corrected chi connectivity index (χ2v) is 7.13. The van der Waals surface area contributed by atoms with Gasteiger partial charge in [0, 0.05) is 17.4 Å². The van der Waals surface area contributed by atoms with E-state index in [0.717, 1.165) is 6.42 Å². The normalized spacial score (nSPS) is 11.2. The zero-order valence-corrected chi connectivity index (χ0v) is 16.7. The van der Waals surface area contributed by atoms with Crippen molar-refractivity contribution in [2.24, 2.45) is 0 Å². The fourth-order valence-electron chi connectivity index (χ4n) is 2.77. The number of benzene rings is 1. The molecule has 2 aromatic rings. The standard InChI is InChI=1S/C19H24BrFN2O2/c1-5-9-23-16(10-13-7-8-14(20)11-15(13)21)17(19(24)25-6-2)18(22-23)12(3)4/h7-8,11-12H,5-6,9-10H2,1-4H3. The maximum atomic E-state index is 14.3. The molecule has 0 fully saturated rings. The summed E-state index contributed by atoms with van der Waals surface area (Å²) in [5.41, 5.74) is 2.43. The van der Waals surface area contributed by atoms with Crippen LogP contribution in [0.2, 0.25) is 0 Å². The highest BCUT2D eigenvalue weighted by Crippen LogP contribution is 2.27. The van der Waals surface area contributed by atoms with Gasteiger partial charge in [-0.1, -0.05) is 42.8 Å². The summed E-state index contributed by atoms with van der Waals surface area (Å²) in [6.07, 6.45) is 1.17. The van der Waals surface area contributed by atoms with Crippen molar-refractivity contribution in [1.82, 2.24) is 9.78 Å². The first-order valence-corrected chi connectivity index (χ1v) is 9.38. The van der Waals surface area contributed by atoms with E-state index >= 15 is 0 Å². The summed E-state index contributed by atoms with van der Waals surface area (Å²) in [7, 11) is 0. The van der Waals surface area contributed by atoms with Crippen LogP contribution in [0.15, 0.2) is 22.7 Å². The summed E-state index contributed by atoms with van der Waals surface area (Å²) in [5, 5.41) is 4.63. The Morgan fingerprint density at radius 2 is 2.08 bits per heavy atom. The van der Waals surface area contributed by atoms with Crippen LogP contribution in [0.4, 0.5) is 4.39 Å². The minimum atomic E-state index is -0.388. The number of rotatable bonds is 7. The number of carbonyl (C=O) groups excluding carboxylic acids is 1. The zero-order valence-electron chi connectivity index (χ0n) is 15.1. The average Bonchev–Trinajstić information content (AvgIpc) is 2.89. The van der Waals surface area contributed by atoms with Crippen molar-refractivity contribution in [3.05, 3.63) is 51.0 Å². The molecule has 0 unspecified atom stereocenters. The number of carbonyl (C=O) groups is 1. The molecule has 0 aliphatic rings. The van der Waals surface area contributed by atoms with Crippen LogP contribution >= 0.6 is 15.9 Å². The maximum absolute atomic E-state index is 14.3. The fraction of sp³-hybridized carbons (Fsp3) is 0.474. The van der Waals surface area contributed by atoms with Gasteiger partial charge in [-0.05, 0) is 37.0 Å². The number of ether oxygens (including phenoxy) is 1. The smallest absolute Gasteiger partial charge is 0.341 e. The molecular weight excluding hydrogens is 387 g/mol. The predicted molar refractivity (Wildman–Crippen MR) is 99.5 cm³/mol. The first-order chi connectivity index (χ1) is 11.9. The molecular formula is C19H24BrFN2O2. The first kappa shape index (κ1) is 19.6. The van der Waals surface area contributed by atoms with Crippen LogP contribution in [0.25, 0.3) is 0 Å². The SMILES string of the molecule is CCCn1nc(C(C)C)c(C(=O)OCC)c1Cc1ccc(Br)cc1F. The van der Waals surface area contributed by atoms with E-state index in [1.54, 1.807) is 19.1 Å². The zero-order chi connectivity index (χ0) is 18.6. The van der Waals surface area contributed by atoms with Crippen molar-refractivity contribution in [2.75, 3.05) is 6.61 Å². The quantitative estimate of drug-likeness (QED) is 0.597. The molecule has 1 aromatic heterocycles. The molecule has 0 atom stereocenters. The third-order valence-corrected chi connectivity index (χ3v) is 4.41. The molecule has 0 aliphatic heterocycles. The Morgan fingerprint density at radius 1 is 1.36 bits per heavy atom. The van der Waals surface area contributed by atoms with Crippen LogP contribution in [0.5, 0.6) is 0 Å². The molecule has 4 nitrogen and oxygen atoms in total. The molecule has 0 bridgehead atoms. The number of esters is 1. The van der Waals surface area contributed by atoms with Gasteiger partial charge in [0.1, 0.15) is 11.4 Å². The van der Waals surface area contributed by atoms with Gasteiger partial charge < -0.3 is 4.74 Å². The Bertz CT molecular complexity index is 756. The maximum Gasteiger partial charge on any atom is 0.341 e. The van der Waals surface area contributed by atoms with Crippen LogP contribution < -0.4 is 0 Å². The van der Waals surface area contributed by atoms with Gasteiger partial charge in [0.25, 0.3) is 0 Å². The third kappa shape index (κ3) is 4.48. The van der Waals surface area contributed by atoms with Crippen LogP contribution in [-0.4, -0.2) is 22.4 Å². The lowest BCUT2D eigenvalue weighted by Crippen LogP contribution is -2.12. The average molecular weight is 411 g/mol. The second-order valence-electron chi connectivity index (χ2n) is 6.22. The van der Waals surface area contributed by atoms with E-state index in [0.29, 0.717) is 46.6 Å². The molecule has 2 rings (SSSR count).